The summed E-state index contributed by atoms with van der Waals surface area (Å²) in [5.74, 6) is 0.554. The molecule has 3 nitrogen and oxygen atoms in total. The predicted molar refractivity (Wildman–Crippen MR) is 98.6 cm³/mol. The first-order valence-electron chi connectivity index (χ1n) is 8.06. The Hall–Kier alpha value is -2.81. The van der Waals surface area contributed by atoms with Crippen LogP contribution in [0.2, 0.25) is 0 Å². The molecule has 0 heterocycles. The fourth-order valence-corrected chi connectivity index (χ4v) is 2.83. The van der Waals surface area contributed by atoms with E-state index in [-0.39, 0.29) is 5.91 Å². The molecule has 0 radical (unpaired) electrons. The Bertz CT molecular complexity index is 860. The van der Waals surface area contributed by atoms with E-state index >= 15 is 0 Å². The van der Waals surface area contributed by atoms with Crippen LogP contribution in [0, 0.1) is 13.8 Å². The molecule has 0 aliphatic carbocycles. The van der Waals surface area contributed by atoms with E-state index in [9.17, 15) is 4.79 Å². The number of hydrogen-bond acceptors (Lipinski definition) is 2. The third-order valence-electron chi connectivity index (χ3n) is 3.92. The van der Waals surface area contributed by atoms with Crippen LogP contribution in [0.1, 0.15) is 18.1 Å². The first-order valence-corrected chi connectivity index (χ1v) is 8.06. The number of aryl methyl sites for hydroxylation is 2. The van der Waals surface area contributed by atoms with E-state index in [0.717, 1.165) is 27.6 Å². The van der Waals surface area contributed by atoms with Crippen molar-refractivity contribution in [3.63, 3.8) is 0 Å². The van der Waals surface area contributed by atoms with Crippen LogP contribution < -0.4 is 10.1 Å². The monoisotopic (exact) mass is 319 g/mol. The number of nitrogens with one attached hydrogen (secondary N) is 1. The number of anilines is 1. The molecule has 0 fully saturated rings. The number of amides is 1. The van der Waals surface area contributed by atoms with Gasteiger partial charge in [0.1, 0.15) is 5.75 Å². The average Bonchev–Trinajstić information content (AvgIpc) is 2.54. The smallest absolute Gasteiger partial charge is 0.265 e. The maximum atomic E-state index is 12.5. The Morgan fingerprint density at radius 2 is 1.62 bits per heavy atom. The van der Waals surface area contributed by atoms with Crippen molar-refractivity contribution in [3.8, 4) is 5.75 Å². The van der Waals surface area contributed by atoms with Crippen molar-refractivity contribution in [1.29, 1.82) is 0 Å². The van der Waals surface area contributed by atoms with Crippen LogP contribution in [0.15, 0.2) is 60.7 Å². The summed E-state index contributed by atoms with van der Waals surface area (Å²) in [7, 11) is 0. The quantitative estimate of drug-likeness (QED) is 0.745. The van der Waals surface area contributed by atoms with Gasteiger partial charge in [-0.05, 0) is 55.5 Å². The highest BCUT2D eigenvalue weighted by Gasteiger charge is 2.16. The molecule has 1 unspecified atom stereocenters. The second-order valence-electron chi connectivity index (χ2n) is 6.10. The summed E-state index contributed by atoms with van der Waals surface area (Å²) >= 11 is 0. The summed E-state index contributed by atoms with van der Waals surface area (Å²) in [6.07, 6.45) is -0.579. The van der Waals surface area contributed by atoms with E-state index in [0.29, 0.717) is 5.75 Å². The molecule has 0 aliphatic rings. The highest BCUT2D eigenvalue weighted by Crippen LogP contribution is 2.23. The summed E-state index contributed by atoms with van der Waals surface area (Å²) in [6.45, 7) is 5.79. The lowest BCUT2D eigenvalue weighted by Gasteiger charge is -2.16. The van der Waals surface area contributed by atoms with Crippen LogP contribution in [0.3, 0.4) is 0 Å². The number of ether oxygens (including phenoxy) is 1. The highest BCUT2D eigenvalue weighted by molar-refractivity contribution is 6.03. The molecule has 3 rings (SSSR count). The summed E-state index contributed by atoms with van der Waals surface area (Å²) in [6, 6.07) is 19.8. The molecule has 3 aromatic rings. The van der Waals surface area contributed by atoms with Gasteiger partial charge in [-0.2, -0.15) is 0 Å². The molecule has 0 spiro atoms. The van der Waals surface area contributed by atoms with Gasteiger partial charge < -0.3 is 10.1 Å². The van der Waals surface area contributed by atoms with Crippen molar-refractivity contribution in [1.82, 2.24) is 0 Å². The number of carbonyl (C=O) groups excluding carboxylic acids is 1. The molecule has 24 heavy (non-hydrogen) atoms. The van der Waals surface area contributed by atoms with Gasteiger partial charge in [0, 0.05) is 11.1 Å². The number of rotatable bonds is 4. The lowest BCUT2D eigenvalue weighted by atomic mass is 10.1. The van der Waals surface area contributed by atoms with Crippen LogP contribution in [0.25, 0.3) is 10.8 Å². The van der Waals surface area contributed by atoms with Crippen molar-refractivity contribution in [2.45, 2.75) is 26.9 Å². The zero-order valence-corrected chi connectivity index (χ0v) is 14.2. The highest BCUT2D eigenvalue weighted by atomic mass is 16.5. The molecule has 0 aromatic heterocycles. The molecule has 3 aromatic carbocycles. The van der Waals surface area contributed by atoms with E-state index in [1.807, 2.05) is 68.4 Å². The minimum absolute atomic E-state index is 0.162. The SMILES string of the molecule is Cc1cc(C)cc(OC(C)C(=O)Nc2cccc3ccccc23)c1. The zero-order valence-electron chi connectivity index (χ0n) is 14.2. The molecule has 0 saturated carbocycles. The van der Waals surface area contributed by atoms with Gasteiger partial charge in [-0.25, -0.2) is 0 Å². The van der Waals surface area contributed by atoms with Crippen LogP contribution in [0.4, 0.5) is 5.69 Å². The maximum Gasteiger partial charge on any atom is 0.265 e. The summed E-state index contributed by atoms with van der Waals surface area (Å²) in [5.41, 5.74) is 3.03. The minimum Gasteiger partial charge on any atom is -0.481 e. The standard InChI is InChI=1S/C21H21NO2/c1-14-11-15(2)13-18(12-14)24-16(3)21(23)22-20-10-6-8-17-7-4-5-9-19(17)20/h4-13,16H,1-3H3,(H,22,23). The van der Waals surface area contributed by atoms with Gasteiger partial charge >= 0.3 is 0 Å². The van der Waals surface area contributed by atoms with Gasteiger partial charge in [0.2, 0.25) is 0 Å². The Balaban J connectivity index is 1.76. The first-order chi connectivity index (χ1) is 11.5. The lowest BCUT2D eigenvalue weighted by Crippen LogP contribution is -2.30. The molecular weight excluding hydrogens is 298 g/mol. The molecule has 1 N–H and O–H groups in total. The zero-order chi connectivity index (χ0) is 17.1. The molecule has 3 heteroatoms. The number of carbonyl (C=O) groups is 1. The second kappa shape index (κ2) is 6.75. The van der Waals surface area contributed by atoms with Crippen LogP contribution in [-0.4, -0.2) is 12.0 Å². The van der Waals surface area contributed by atoms with Gasteiger partial charge in [0.25, 0.3) is 5.91 Å². The fraction of sp³-hybridized carbons (Fsp3) is 0.190. The lowest BCUT2D eigenvalue weighted by molar-refractivity contribution is -0.122. The number of benzene rings is 3. The largest absolute Gasteiger partial charge is 0.481 e. The van der Waals surface area contributed by atoms with Crippen LogP contribution in [0.5, 0.6) is 5.75 Å². The fourth-order valence-electron chi connectivity index (χ4n) is 2.83. The van der Waals surface area contributed by atoms with Crippen LogP contribution in [-0.2, 0) is 4.79 Å². The molecule has 1 amide bonds. The number of hydrogen-bond donors (Lipinski definition) is 1. The average molecular weight is 319 g/mol. The summed E-state index contributed by atoms with van der Waals surface area (Å²) in [5, 5.41) is 5.09. The molecule has 0 saturated heterocycles. The Morgan fingerprint density at radius 3 is 2.38 bits per heavy atom. The van der Waals surface area contributed by atoms with Gasteiger partial charge in [-0.3, -0.25) is 4.79 Å². The molecule has 0 aliphatic heterocycles. The third-order valence-corrected chi connectivity index (χ3v) is 3.92. The van der Waals surface area contributed by atoms with E-state index < -0.39 is 6.10 Å². The van der Waals surface area contributed by atoms with Gasteiger partial charge in [-0.15, -0.1) is 0 Å². The van der Waals surface area contributed by atoms with E-state index in [2.05, 4.69) is 11.4 Å². The summed E-state index contributed by atoms with van der Waals surface area (Å²) in [4.78, 5) is 12.5. The number of fused-ring (bicyclic) bond motifs is 1. The van der Waals surface area contributed by atoms with Crippen molar-refractivity contribution < 1.29 is 9.53 Å². The first kappa shape index (κ1) is 16.1. The maximum absolute atomic E-state index is 12.5. The molecule has 122 valence electrons. The molecule has 1 atom stereocenters. The normalized spacial score (nSPS) is 12.0. The van der Waals surface area contributed by atoms with Gasteiger partial charge in [-0.1, -0.05) is 42.5 Å². The molecular formula is C21H21NO2. The van der Waals surface area contributed by atoms with E-state index in [1.54, 1.807) is 6.92 Å². The van der Waals surface area contributed by atoms with Crippen molar-refractivity contribution >= 4 is 22.4 Å². The van der Waals surface area contributed by atoms with Gasteiger partial charge in [0.15, 0.2) is 6.10 Å². The Labute approximate surface area is 142 Å². The van der Waals surface area contributed by atoms with Gasteiger partial charge in [0.05, 0.1) is 0 Å². The van der Waals surface area contributed by atoms with E-state index in [1.165, 1.54) is 0 Å². The van der Waals surface area contributed by atoms with Crippen molar-refractivity contribution in [3.05, 3.63) is 71.8 Å². The minimum atomic E-state index is -0.579. The predicted octanol–water partition coefficient (Wildman–Crippen LogP) is 4.86. The Morgan fingerprint density at radius 1 is 0.958 bits per heavy atom. The van der Waals surface area contributed by atoms with Crippen molar-refractivity contribution in [2.24, 2.45) is 0 Å². The summed E-state index contributed by atoms with van der Waals surface area (Å²) < 4.78 is 5.81. The Kier molecular flexibility index (Phi) is 4.52. The third kappa shape index (κ3) is 3.57. The van der Waals surface area contributed by atoms with Crippen LogP contribution >= 0.6 is 0 Å². The second-order valence-corrected chi connectivity index (χ2v) is 6.10. The molecule has 0 bridgehead atoms. The topological polar surface area (TPSA) is 38.3 Å². The van der Waals surface area contributed by atoms with E-state index in [4.69, 9.17) is 4.74 Å². The van der Waals surface area contributed by atoms with Crippen molar-refractivity contribution in [2.75, 3.05) is 5.32 Å².